The Morgan fingerprint density at radius 1 is 0.667 bits per heavy atom. The number of benzene rings is 1. The van der Waals surface area contributed by atoms with Gasteiger partial charge in [-0.2, -0.15) is 0 Å². The van der Waals surface area contributed by atoms with Gasteiger partial charge in [-0.15, -0.1) is 0 Å². The van der Waals surface area contributed by atoms with Crippen LogP contribution in [0.1, 0.15) is 71.1 Å². The number of rotatable bonds is 12. The Balaban J connectivity index is 2.01. The molecule has 0 bridgehead atoms. The van der Waals surface area contributed by atoms with Gasteiger partial charge in [0.2, 0.25) is 0 Å². The van der Waals surface area contributed by atoms with E-state index in [1.54, 1.807) is 5.30 Å². The maximum atomic E-state index is 2.50. The Bertz CT molecular complexity index is 342. The summed E-state index contributed by atoms with van der Waals surface area (Å²) < 4.78 is 0. The highest BCUT2D eigenvalue weighted by atomic mass is 31.2. The Morgan fingerprint density at radius 2 is 1.14 bits per heavy atom. The lowest BCUT2D eigenvalue weighted by Crippen LogP contribution is -2.11. The first-order valence-corrected chi connectivity index (χ1v) is 11.9. The normalized spacial score (nSPS) is 11.8. The number of unbranched alkanes of at least 4 members (excludes halogenated alkanes) is 9. The Hall–Kier alpha value is -0.350. The van der Waals surface area contributed by atoms with Gasteiger partial charge in [0.15, 0.2) is 0 Å². The van der Waals surface area contributed by atoms with Crippen molar-refractivity contribution in [2.24, 2.45) is 0 Å². The van der Waals surface area contributed by atoms with Crippen molar-refractivity contribution in [2.75, 3.05) is 19.5 Å². The SMILES string of the molecule is CCCCCCCCCCCC[P+](C)(C)c1ccccc1. The molecule has 1 rings (SSSR count). The van der Waals surface area contributed by atoms with Crippen LogP contribution < -0.4 is 5.30 Å². The lowest BCUT2D eigenvalue weighted by Gasteiger charge is -2.17. The van der Waals surface area contributed by atoms with Crippen molar-refractivity contribution < 1.29 is 0 Å². The molecule has 0 spiro atoms. The molecule has 0 aromatic heterocycles. The first-order valence-electron chi connectivity index (χ1n) is 9.05. The summed E-state index contributed by atoms with van der Waals surface area (Å²) in [6.07, 6.45) is 15.8. The lowest BCUT2D eigenvalue weighted by atomic mass is 10.1. The second-order valence-electron chi connectivity index (χ2n) is 6.93. The smallest absolute Gasteiger partial charge is 0.0654 e. The van der Waals surface area contributed by atoms with Crippen LogP contribution in [0.5, 0.6) is 0 Å². The van der Waals surface area contributed by atoms with Crippen molar-refractivity contribution in [2.45, 2.75) is 71.1 Å². The van der Waals surface area contributed by atoms with Crippen molar-refractivity contribution in [1.29, 1.82) is 0 Å². The van der Waals surface area contributed by atoms with Crippen molar-refractivity contribution in [3.05, 3.63) is 30.3 Å². The quantitative estimate of drug-likeness (QED) is 0.305. The van der Waals surface area contributed by atoms with Gasteiger partial charge in [-0.3, -0.25) is 0 Å². The second kappa shape index (κ2) is 11.2. The summed E-state index contributed by atoms with van der Waals surface area (Å²) in [5, 5.41) is 1.60. The molecule has 0 heterocycles. The zero-order valence-corrected chi connectivity index (χ0v) is 15.5. The summed E-state index contributed by atoms with van der Waals surface area (Å²) in [5.74, 6) is 0. The molecule has 0 aliphatic heterocycles. The molecule has 0 nitrogen and oxygen atoms in total. The minimum atomic E-state index is -0.869. The fourth-order valence-corrected chi connectivity index (χ4v) is 5.21. The summed E-state index contributed by atoms with van der Waals surface area (Å²) in [6, 6.07) is 11.2. The molecular formula is C20H36P+. The summed E-state index contributed by atoms with van der Waals surface area (Å²) in [4.78, 5) is 0. The largest absolute Gasteiger partial charge is 0.0933 e. The average Bonchev–Trinajstić information content (AvgIpc) is 2.50. The summed E-state index contributed by atoms with van der Waals surface area (Å²) in [5.41, 5.74) is 0. The van der Waals surface area contributed by atoms with Gasteiger partial charge in [0, 0.05) is 7.26 Å². The molecule has 0 aliphatic rings. The number of hydrogen-bond acceptors (Lipinski definition) is 0. The van der Waals surface area contributed by atoms with E-state index in [2.05, 4.69) is 50.6 Å². The highest BCUT2D eigenvalue weighted by Gasteiger charge is 2.26. The monoisotopic (exact) mass is 307 g/mol. The van der Waals surface area contributed by atoms with E-state index < -0.39 is 7.26 Å². The molecule has 120 valence electrons. The third-order valence-electron chi connectivity index (χ3n) is 4.53. The van der Waals surface area contributed by atoms with Gasteiger partial charge >= 0.3 is 0 Å². The summed E-state index contributed by atoms with van der Waals surface area (Å²) >= 11 is 0. The molecule has 0 saturated carbocycles. The van der Waals surface area contributed by atoms with Crippen LogP contribution in [0, 0.1) is 0 Å². The molecule has 0 atom stereocenters. The topological polar surface area (TPSA) is 0 Å². The van der Waals surface area contributed by atoms with E-state index in [-0.39, 0.29) is 0 Å². The van der Waals surface area contributed by atoms with Crippen LogP contribution in [0.2, 0.25) is 0 Å². The molecule has 1 aromatic rings. The zero-order valence-electron chi connectivity index (χ0n) is 14.6. The van der Waals surface area contributed by atoms with E-state index in [0.29, 0.717) is 0 Å². The van der Waals surface area contributed by atoms with Gasteiger partial charge in [-0.25, -0.2) is 0 Å². The Labute approximate surface area is 134 Å². The van der Waals surface area contributed by atoms with Crippen LogP contribution in [-0.4, -0.2) is 19.5 Å². The molecule has 0 radical (unpaired) electrons. The Morgan fingerprint density at radius 3 is 1.67 bits per heavy atom. The Kier molecular flexibility index (Phi) is 10.0. The highest BCUT2D eigenvalue weighted by Crippen LogP contribution is 2.50. The summed E-state index contributed by atoms with van der Waals surface area (Å²) in [6.45, 7) is 7.28. The lowest BCUT2D eigenvalue weighted by molar-refractivity contribution is 0.563. The highest BCUT2D eigenvalue weighted by molar-refractivity contribution is 7.81. The van der Waals surface area contributed by atoms with E-state index in [9.17, 15) is 0 Å². The molecule has 0 unspecified atom stereocenters. The van der Waals surface area contributed by atoms with E-state index in [4.69, 9.17) is 0 Å². The van der Waals surface area contributed by atoms with E-state index in [0.717, 1.165) is 0 Å². The predicted molar refractivity (Wildman–Crippen MR) is 102 cm³/mol. The first kappa shape index (κ1) is 18.7. The molecule has 0 N–H and O–H groups in total. The third-order valence-corrected chi connectivity index (χ3v) is 7.66. The van der Waals surface area contributed by atoms with Crippen molar-refractivity contribution in [3.8, 4) is 0 Å². The van der Waals surface area contributed by atoms with Crippen LogP contribution >= 0.6 is 7.26 Å². The summed E-state index contributed by atoms with van der Waals surface area (Å²) in [7, 11) is -0.869. The first-order chi connectivity index (χ1) is 10.2. The van der Waals surface area contributed by atoms with Gasteiger partial charge in [0.1, 0.15) is 0 Å². The minimum Gasteiger partial charge on any atom is -0.0654 e. The predicted octanol–water partition coefficient (Wildman–Crippen LogP) is 6.51. The maximum absolute atomic E-state index is 2.50. The van der Waals surface area contributed by atoms with Gasteiger partial charge < -0.3 is 0 Å². The molecule has 1 aromatic carbocycles. The molecule has 0 saturated heterocycles. The fraction of sp³-hybridized carbons (Fsp3) is 0.700. The van der Waals surface area contributed by atoms with Gasteiger partial charge in [0.25, 0.3) is 0 Å². The third kappa shape index (κ3) is 8.62. The molecule has 0 fully saturated rings. The van der Waals surface area contributed by atoms with Gasteiger partial charge in [-0.1, -0.05) is 76.5 Å². The fourth-order valence-electron chi connectivity index (χ4n) is 2.96. The van der Waals surface area contributed by atoms with Gasteiger partial charge in [0.05, 0.1) is 24.8 Å². The van der Waals surface area contributed by atoms with Crippen molar-refractivity contribution in [3.63, 3.8) is 0 Å². The van der Waals surface area contributed by atoms with Crippen LogP contribution in [0.3, 0.4) is 0 Å². The van der Waals surface area contributed by atoms with Crippen LogP contribution in [-0.2, 0) is 0 Å². The second-order valence-corrected chi connectivity index (χ2v) is 11.3. The maximum Gasteiger partial charge on any atom is 0.0933 e. The van der Waals surface area contributed by atoms with E-state index >= 15 is 0 Å². The van der Waals surface area contributed by atoms with Crippen molar-refractivity contribution in [1.82, 2.24) is 0 Å². The molecule has 0 aliphatic carbocycles. The number of hydrogen-bond donors (Lipinski definition) is 0. The van der Waals surface area contributed by atoms with Crippen LogP contribution in [0.4, 0.5) is 0 Å². The van der Waals surface area contributed by atoms with Crippen LogP contribution in [0.15, 0.2) is 30.3 Å². The van der Waals surface area contributed by atoms with E-state index in [1.807, 2.05) is 0 Å². The van der Waals surface area contributed by atoms with Crippen molar-refractivity contribution >= 4 is 12.6 Å². The molecule has 1 heteroatoms. The molecule has 0 amide bonds. The molecule has 21 heavy (non-hydrogen) atoms. The standard InChI is InChI=1S/C20H36P/c1-4-5-6-7-8-9-10-11-12-16-19-21(2,3)20-17-14-13-15-18-20/h13-15,17-18H,4-12,16,19H2,1-3H3/q+1. The van der Waals surface area contributed by atoms with Gasteiger partial charge in [-0.05, 0) is 25.0 Å². The average molecular weight is 307 g/mol. The van der Waals surface area contributed by atoms with Crippen LogP contribution in [0.25, 0.3) is 0 Å². The van der Waals surface area contributed by atoms with E-state index in [1.165, 1.54) is 70.4 Å². The molecular weight excluding hydrogens is 271 g/mol. The zero-order chi connectivity index (χ0) is 15.4. The minimum absolute atomic E-state index is 0.869.